The highest BCUT2D eigenvalue weighted by Gasteiger charge is 2.33. The Morgan fingerprint density at radius 3 is 1.09 bits per heavy atom. The Morgan fingerprint density at radius 2 is 0.754 bits per heavy atom. The van der Waals surface area contributed by atoms with E-state index in [1.807, 2.05) is 102 Å². The van der Waals surface area contributed by atoms with Gasteiger partial charge < -0.3 is 77.0 Å². The zero-order valence-corrected chi connectivity index (χ0v) is 66.6. The highest BCUT2D eigenvalue weighted by molar-refractivity contribution is 5.92. The Hall–Kier alpha value is -15.5. The van der Waals surface area contributed by atoms with Crippen LogP contribution in [0.3, 0.4) is 0 Å². The summed E-state index contributed by atoms with van der Waals surface area (Å²) in [4.78, 5) is 125. The van der Waals surface area contributed by atoms with Crippen LogP contribution in [0.25, 0.3) is 34.6 Å². The first kappa shape index (κ1) is 101. The Labute approximate surface area is 733 Å². The van der Waals surface area contributed by atoms with Crippen LogP contribution >= 0.6 is 0 Å². The lowest BCUT2D eigenvalue weighted by molar-refractivity contribution is -0.00978. The number of carboxylic acids is 1. The number of rotatable bonds is 22. The van der Waals surface area contributed by atoms with Crippen LogP contribution in [0, 0.1) is 32.6 Å². The van der Waals surface area contributed by atoms with Crippen LogP contribution < -0.4 is 43.0 Å². The molecule has 1 amide bonds. The van der Waals surface area contributed by atoms with Gasteiger partial charge in [0.15, 0.2) is 17.5 Å². The number of nitrogen functional groups attached to an aromatic ring is 1. The van der Waals surface area contributed by atoms with Crippen molar-refractivity contribution < 1.29 is 53.1 Å². The number of likely N-dealkylation sites (tertiary alicyclic amines) is 1. The van der Waals surface area contributed by atoms with Crippen molar-refractivity contribution in [2.45, 2.75) is 91.7 Å². The Kier molecular flexibility index (Phi) is 39.6. The number of carboxylic acid groups (broad SMARTS) is 1. The number of methoxy groups -OCH3 is 2. The molecular weight excluding hydrogens is 1610 g/mol. The molecule has 0 bridgehead atoms. The summed E-state index contributed by atoms with van der Waals surface area (Å²) in [6.07, 6.45) is 9.53. The quantitative estimate of drug-likeness (QED) is 0.0171. The number of nitrogens with zero attached hydrogens (tertiary/aromatic N) is 16. The van der Waals surface area contributed by atoms with Crippen LogP contribution in [0.2, 0.25) is 0 Å². The summed E-state index contributed by atoms with van der Waals surface area (Å²) in [5, 5.41) is 39.7. The number of carbonyl (C=O) groups is 5. The molecule has 11 N–H and O–H groups in total. The molecule has 0 spiro atoms. The first-order chi connectivity index (χ1) is 57.9. The molecule has 2 aliphatic heterocycles. The number of pyridine rings is 3. The summed E-state index contributed by atoms with van der Waals surface area (Å²) < 4.78 is 19.8. The predicted octanol–water partition coefficient (Wildman–Crippen LogP) is 17.0. The van der Waals surface area contributed by atoms with Crippen LogP contribution in [0.1, 0.15) is 124 Å². The third-order valence-electron chi connectivity index (χ3n) is 16.8. The average molecular weight is 1720 g/mol. The van der Waals surface area contributed by atoms with E-state index in [4.69, 9.17) is 30.2 Å². The summed E-state index contributed by atoms with van der Waals surface area (Å²) in [6.45, 7) is 14.9. The van der Waals surface area contributed by atoms with Crippen LogP contribution in [0.15, 0.2) is 225 Å². The number of anilines is 13. The lowest BCUT2D eigenvalue weighted by Gasteiger charge is -2.38. The molecule has 15 rings (SSSR count). The SMILES string of the molecule is C.C.C.C.C.C.CC(C)(C)OC(=O)N1CC(CO)C1.COC(=O)c1cccc(N)c1.COC(=O)c1cccc(Nc2nccc(Nc3ccnc(-c4cccc(C)n4)n3)n2)c1.Cc1cccc(-c2nccc(Nc3ccnc(Nc4cccc(C(=O)O)c4)n3)n2)n1.Cc1cccc(-c2nccc(Nc3ccnc(Nc4cccc(C(=O)OCC5CNC5)c4)n3)n2)n1. The maximum Gasteiger partial charge on any atom is 0.410 e. The van der Waals surface area contributed by atoms with Crippen molar-refractivity contribution >= 4 is 105 Å². The van der Waals surface area contributed by atoms with Crippen LogP contribution in [-0.2, 0) is 18.9 Å². The van der Waals surface area contributed by atoms with Crippen molar-refractivity contribution in [3.05, 3.63) is 265 Å². The minimum Gasteiger partial charge on any atom is -0.478 e. The number of aliphatic hydroxyl groups excluding tert-OH is 1. The number of benzene rings is 4. The number of amides is 1. The number of aromatic carboxylic acids is 1. The van der Waals surface area contributed by atoms with Gasteiger partial charge in [0.1, 0.15) is 57.6 Å². The second kappa shape index (κ2) is 49.4. The molecule has 126 heavy (non-hydrogen) atoms. The third kappa shape index (κ3) is 31.2. The van der Waals surface area contributed by atoms with Gasteiger partial charge in [-0.1, -0.05) is 87.0 Å². The molecule has 0 atom stereocenters. The van der Waals surface area contributed by atoms with E-state index in [0.29, 0.717) is 152 Å². The first-order valence-corrected chi connectivity index (χ1v) is 37.4. The van der Waals surface area contributed by atoms with E-state index >= 15 is 0 Å². The fraction of sp³-hybridized carbons (Fsp3) is 0.253. The number of esters is 3. The van der Waals surface area contributed by atoms with E-state index < -0.39 is 17.5 Å². The topological polar surface area (TPSA) is 470 Å². The Morgan fingerprint density at radius 1 is 0.421 bits per heavy atom. The smallest absolute Gasteiger partial charge is 0.410 e. The molecule has 0 aliphatic carbocycles. The molecule has 2 saturated heterocycles. The molecule has 660 valence electrons. The second-order valence-electron chi connectivity index (χ2n) is 27.5. The lowest BCUT2D eigenvalue weighted by atomic mass is 10.0. The molecule has 35 heteroatoms. The fourth-order valence-electron chi connectivity index (χ4n) is 10.9. The van der Waals surface area contributed by atoms with E-state index in [1.54, 1.807) is 157 Å². The number of aromatic nitrogens is 15. The number of carbonyl (C=O) groups excluding carboxylic acids is 4. The van der Waals surface area contributed by atoms with Crippen molar-refractivity contribution in [3.63, 3.8) is 0 Å². The molecule has 13 aromatic rings. The van der Waals surface area contributed by atoms with E-state index in [9.17, 15) is 24.0 Å². The molecule has 4 aromatic carbocycles. The molecule has 0 unspecified atom stereocenters. The summed E-state index contributed by atoms with van der Waals surface area (Å²) in [6, 6.07) is 54.5. The number of nitrogens with two attached hydrogens (primary N) is 1. The molecule has 9 aromatic heterocycles. The van der Waals surface area contributed by atoms with Gasteiger partial charge in [0.2, 0.25) is 17.8 Å². The molecule has 2 fully saturated rings. The van der Waals surface area contributed by atoms with Gasteiger partial charge in [-0.05, 0) is 187 Å². The fourth-order valence-corrected chi connectivity index (χ4v) is 10.9. The van der Waals surface area contributed by atoms with Gasteiger partial charge in [-0.2, -0.15) is 15.0 Å². The zero-order chi connectivity index (χ0) is 84.9. The van der Waals surface area contributed by atoms with Gasteiger partial charge in [0.05, 0.1) is 43.1 Å². The van der Waals surface area contributed by atoms with E-state index in [1.165, 1.54) is 26.4 Å². The predicted molar refractivity (Wildman–Crippen MR) is 491 cm³/mol. The van der Waals surface area contributed by atoms with E-state index in [-0.39, 0.29) is 80.7 Å². The maximum absolute atomic E-state index is 12.4. The van der Waals surface area contributed by atoms with Crippen molar-refractivity contribution in [2.24, 2.45) is 11.8 Å². The lowest BCUT2D eigenvalue weighted by Crippen LogP contribution is -2.52. The van der Waals surface area contributed by atoms with Gasteiger partial charge in [-0.3, -0.25) is 0 Å². The molecular formula is C91H110N24O11. The number of hydrogen-bond donors (Lipinski definition) is 10. The first-order valence-electron chi connectivity index (χ1n) is 37.4. The minimum atomic E-state index is -1.00. The Bertz CT molecular complexity index is 5700. The van der Waals surface area contributed by atoms with Crippen molar-refractivity contribution in [1.29, 1.82) is 0 Å². The molecule has 0 saturated carbocycles. The monoisotopic (exact) mass is 1710 g/mol. The van der Waals surface area contributed by atoms with Crippen LogP contribution in [-0.4, -0.2) is 179 Å². The van der Waals surface area contributed by atoms with Crippen molar-refractivity contribution in [3.8, 4) is 34.6 Å². The highest BCUT2D eigenvalue weighted by Crippen LogP contribution is 2.26. The van der Waals surface area contributed by atoms with Gasteiger partial charge in [-0.15, -0.1) is 0 Å². The minimum absolute atomic E-state index is 0. The average Bonchev–Trinajstić information content (AvgIpc) is 0.840. The third-order valence-corrected chi connectivity index (χ3v) is 16.8. The van der Waals surface area contributed by atoms with Gasteiger partial charge in [0, 0.05) is 122 Å². The van der Waals surface area contributed by atoms with E-state index in [0.717, 1.165) is 30.2 Å². The molecule has 11 heterocycles. The number of aliphatic hydroxyl groups is 1. The number of hydrogen-bond acceptors (Lipinski definition) is 33. The summed E-state index contributed by atoms with van der Waals surface area (Å²) in [7, 11) is 2.68. The number of ether oxygens (including phenoxy) is 4. The van der Waals surface area contributed by atoms with Gasteiger partial charge in [0.25, 0.3) is 0 Å². The summed E-state index contributed by atoms with van der Waals surface area (Å²) in [5.74, 6) is 4.41. The highest BCUT2D eigenvalue weighted by atomic mass is 16.6. The van der Waals surface area contributed by atoms with Gasteiger partial charge >= 0.3 is 30.0 Å². The van der Waals surface area contributed by atoms with Crippen LogP contribution in [0.4, 0.5) is 80.3 Å². The zero-order valence-electron chi connectivity index (χ0n) is 66.6. The van der Waals surface area contributed by atoms with Crippen molar-refractivity contribution in [2.75, 3.05) is 91.2 Å². The molecule has 2 aliphatic rings. The molecule has 35 nitrogen and oxygen atoms in total. The van der Waals surface area contributed by atoms with Crippen molar-refractivity contribution in [1.82, 2.24) is 85.0 Å². The second-order valence-corrected chi connectivity index (χ2v) is 27.5. The van der Waals surface area contributed by atoms with E-state index in [2.05, 4.69) is 117 Å². The largest absolute Gasteiger partial charge is 0.478 e. The summed E-state index contributed by atoms with van der Waals surface area (Å²) >= 11 is 0. The molecule has 0 radical (unpaired) electrons. The number of nitrogens with one attached hydrogen (secondary N) is 7. The van der Waals surface area contributed by atoms with Crippen LogP contribution in [0.5, 0.6) is 0 Å². The number of aryl methyl sites for hydroxylation is 3. The maximum atomic E-state index is 12.4. The Balaban J connectivity index is 0.000000291. The standard InChI is InChI=1S/C25H24N8O2.C22H19N7O2.C21H17N7O2.C9H17NO3.C8H9NO2.6CH4/c1-16-4-2-7-20(29-16)23-27-10-8-21(32-23)31-22-9-11-28-25(33-22)30-19-6-3-5-18(12-19)24(34)35-15-17-13-26-14-17;1-14-5-3-8-17(25-14)20-23-11-9-18(28-20)27-19-10-12-24-22(29-19)26-16-7-4-6-15(13-16)21(30)31-2;1-13-4-2-7-16(24-13)19-22-10-8-17(27-19)26-18-9-11-23-21(28-18)25-15-6-3-5-14(12-15)20(29)30;1-9(2,3)13-8(12)10-4-7(5-10)6-11;1-11-8(10)6-3-2-4-7(9)5-6;;;;;;/h2-12,17,26H,13-15H2,1H3,(H2,27,28,30,31,32,33);3-13H,1-2H3,(H2,23,24,26,27,28,29);2-12H,1H3,(H,29,30)(H2,22,23,25,26,27,28);7,11H,4-6H2,1-3H3;2-5H,9H2,1H3;6*1H4. The normalized spacial score (nSPS) is 11.4. The summed E-state index contributed by atoms with van der Waals surface area (Å²) in [5.41, 5.74) is 13.8. The van der Waals surface area contributed by atoms with Gasteiger partial charge in [-0.25, -0.2) is 83.8 Å².